The number of rotatable bonds is 5. The summed E-state index contributed by atoms with van der Waals surface area (Å²) in [5, 5.41) is 12.8. The predicted molar refractivity (Wildman–Crippen MR) is 70.1 cm³/mol. The van der Waals surface area contributed by atoms with Crippen molar-refractivity contribution in [2.75, 3.05) is 6.54 Å². The minimum atomic E-state index is -0.650. The third kappa shape index (κ3) is 4.66. The molecule has 3 nitrogen and oxygen atoms in total. The SMILES string of the molecule is CC(C)CCNC1(C(=O)O)CCCCCCC1. The van der Waals surface area contributed by atoms with Crippen molar-refractivity contribution in [3.05, 3.63) is 0 Å². The molecule has 0 aromatic rings. The van der Waals surface area contributed by atoms with Gasteiger partial charge >= 0.3 is 5.97 Å². The van der Waals surface area contributed by atoms with E-state index in [1.807, 2.05) is 0 Å². The van der Waals surface area contributed by atoms with Crippen LogP contribution >= 0.6 is 0 Å². The first-order valence-corrected chi connectivity index (χ1v) is 7.05. The summed E-state index contributed by atoms with van der Waals surface area (Å²) in [6.07, 6.45) is 8.35. The van der Waals surface area contributed by atoms with Crippen LogP contribution in [0.25, 0.3) is 0 Å². The van der Waals surface area contributed by atoms with Crippen LogP contribution in [0.4, 0.5) is 0 Å². The van der Waals surface area contributed by atoms with Crippen molar-refractivity contribution in [3.8, 4) is 0 Å². The van der Waals surface area contributed by atoms with Gasteiger partial charge < -0.3 is 10.4 Å². The summed E-state index contributed by atoms with van der Waals surface area (Å²) in [4.78, 5) is 11.6. The topological polar surface area (TPSA) is 49.3 Å². The van der Waals surface area contributed by atoms with E-state index in [4.69, 9.17) is 0 Å². The number of aliphatic carboxylic acids is 1. The van der Waals surface area contributed by atoms with Crippen LogP contribution in [0.3, 0.4) is 0 Å². The minimum Gasteiger partial charge on any atom is -0.480 e. The molecule has 100 valence electrons. The van der Waals surface area contributed by atoms with Crippen LogP contribution in [0.5, 0.6) is 0 Å². The molecule has 1 fully saturated rings. The van der Waals surface area contributed by atoms with Gasteiger partial charge in [0.05, 0.1) is 0 Å². The maximum Gasteiger partial charge on any atom is 0.323 e. The normalized spacial score (nSPS) is 20.9. The van der Waals surface area contributed by atoms with Crippen LogP contribution in [0.1, 0.15) is 65.2 Å². The third-order valence-electron chi connectivity index (χ3n) is 3.80. The van der Waals surface area contributed by atoms with Gasteiger partial charge in [-0.3, -0.25) is 4.79 Å². The van der Waals surface area contributed by atoms with Gasteiger partial charge in [-0.2, -0.15) is 0 Å². The highest BCUT2D eigenvalue weighted by Gasteiger charge is 2.37. The first-order valence-electron chi connectivity index (χ1n) is 7.05. The summed E-state index contributed by atoms with van der Waals surface area (Å²) in [5.41, 5.74) is -0.644. The molecule has 0 radical (unpaired) electrons. The molecule has 0 bridgehead atoms. The van der Waals surface area contributed by atoms with Gasteiger partial charge in [-0.25, -0.2) is 0 Å². The van der Waals surface area contributed by atoms with E-state index in [9.17, 15) is 9.90 Å². The van der Waals surface area contributed by atoms with Gasteiger partial charge in [-0.1, -0.05) is 46.0 Å². The Morgan fingerprint density at radius 1 is 1.18 bits per heavy atom. The first-order chi connectivity index (χ1) is 8.07. The standard InChI is InChI=1S/C14H27NO2/c1-12(2)8-11-15-14(13(16)17)9-6-4-3-5-7-10-14/h12,15H,3-11H2,1-2H3,(H,16,17). The van der Waals surface area contributed by atoms with Crippen molar-refractivity contribution in [2.45, 2.75) is 70.8 Å². The minimum absolute atomic E-state index is 0.627. The van der Waals surface area contributed by atoms with E-state index in [-0.39, 0.29) is 0 Å². The molecule has 0 heterocycles. The Bertz CT molecular complexity index is 230. The van der Waals surface area contributed by atoms with E-state index in [1.54, 1.807) is 0 Å². The molecule has 0 aromatic heterocycles. The predicted octanol–water partition coefficient (Wildman–Crippen LogP) is 3.19. The zero-order chi connectivity index (χ0) is 12.7. The zero-order valence-corrected chi connectivity index (χ0v) is 11.3. The monoisotopic (exact) mass is 241 g/mol. The van der Waals surface area contributed by atoms with Gasteiger partial charge in [-0.05, 0) is 31.7 Å². The highest BCUT2D eigenvalue weighted by Crippen LogP contribution is 2.26. The molecule has 0 aromatic carbocycles. The Morgan fingerprint density at radius 3 is 2.18 bits per heavy atom. The number of carboxylic acid groups (broad SMARTS) is 1. The van der Waals surface area contributed by atoms with Gasteiger partial charge in [0.2, 0.25) is 0 Å². The lowest BCUT2D eigenvalue weighted by atomic mass is 9.83. The molecule has 0 saturated heterocycles. The third-order valence-corrected chi connectivity index (χ3v) is 3.80. The Labute approximate surface area is 105 Å². The van der Waals surface area contributed by atoms with Gasteiger partial charge in [-0.15, -0.1) is 0 Å². The van der Waals surface area contributed by atoms with Crippen LogP contribution in [-0.4, -0.2) is 23.2 Å². The lowest BCUT2D eigenvalue weighted by Gasteiger charge is -2.32. The average molecular weight is 241 g/mol. The van der Waals surface area contributed by atoms with Crippen molar-refractivity contribution in [2.24, 2.45) is 5.92 Å². The fourth-order valence-electron chi connectivity index (χ4n) is 2.58. The molecule has 1 aliphatic carbocycles. The Kier molecular flexibility index (Phi) is 5.96. The quantitative estimate of drug-likeness (QED) is 0.777. The lowest BCUT2D eigenvalue weighted by Crippen LogP contribution is -2.52. The van der Waals surface area contributed by atoms with Crippen molar-refractivity contribution in [3.63, 3.8) is 0 Å². The number of hydrogen-bond acceptors (Lipinski definition) is 2. The molecule has 1 aliphatic rings. The highest BCUT2D eigenvalue weighted by atomic mass is 16.4. The van der Waals surface area contributed by atoms with Gasteiger partial charge in [0.25, 0.3) is 0 Å². The molecule has 0 amide bonds. The van der Waals surface area contributed by atoms with Crippen molar-refractivity contribution < 1.29 is 9.90 Å². The van der Waals surface area contributed by atoms with Crippen LogP contribution in [0.15, 0.2) is 0 Å². The summed E-state index contributed by atoms with van der Waals surface area (Å²) < 4.78 is 0. The summed E-state index contributed by atoms with van der Waals surface area (Å²) in [6.45, 7) is 5.17. The molecule has 0 unspecified atom stereocenters. The van der Waals surface area contributed by atoms with E-state index in [0.717, 1.165) is 38.6 Å². The van der Waals surface area contributed by atoms with Crippen LogP contribution in [0, 0.1) is 5.92 Å². The molecule has 3 heteroatoms. The van der Waals surface area contributed by atoms with Crippen molar-refractivity contribution in [1.82, 2.24) is 5.32 Å². The molecule has 17 heavy (non-hydrogen) atoms. The largest absolute Gasteiger partial charge is 0.480 e. The molecule has 0 atom stereocenters. The van der Waals surface area contributed by atoms with Gasteiger partial charge in [0.15, 0.2) is 0 Å². The molecule has 1 saturated carbocycles. The summed E-state index contributed by atoms with van der Waals surface area (Å²) in [6, 6.07) is 0. The van der Waals surface area contributed by atoms with E-state index in [2.05, 4.69) is 19.2 Å². The number of carbonyl (C=O) groups is 1. The molecule has 1 rings (SSSR count). The molecule has 2 N–H and O–H groups in total. The molecular formula is C14H27NO2. The van der Waals surface area contributed by atoms with E-state index in [1.165, 1.54) is 19.3 Å². The van der Waals surface area contributed by atoms with E-state index in [0.29, 0.717) is 5.92 Å². The van der Waals surface area contributed by atoms with Gasteiger partial charge in [0.1, 0.15) is 5.54 Å². The average Bonchev–Trinajstić information content (AvgIpc) is 2.20. The summed E-state index contributed by atoms with van der Waals surface area (Å²) in [7, 11) is 0. The number of nitrogens with one attached hydrogen (secondary N) is 1. The fraction of sp³-hybridized carbons (Fsp3) is 0.929. The van der Waals surface area contributed by atoms with E-state index >= 15 is 0 Å². The second kappa shape index (κ2) is 7.00. The number of carboxylic acids is 1. The second-order valence-electron chi connectivity index (χ2n) is 5.76. The molecule has 0 aliphatic heterocycles. The van der Waals surface area contributed by atoms with Crippen molar-refractivity contribution in [1.29, 1.82) is 0 Å². The maximum atomic E-state index is 11.6. The summed E-state index contributed by atoms with van der Waals surface area (Å²) >= 11 is 0. The van der Waals surface area contributed by atoms with E-state index < -0.39 is 11.5 Å². The smallest absolute Gasteiger partial charge is 0.323 e. The van der Waals surface area contributed by atoms with Crippen molar-refractivity contribution >= 4 is 5.97 Å². The van der Waals surface area contributed by atoms with Crippen LogP contribution < -0.4 is 5.32 Å². The Balaban J connectivity index is 2.55. The molecular weight excluding hydrogens is 214 g/mol. The van der Waals surface area contributed by atoms with Gasteiger partial charge in [0, 0.05) is 0 Å². The summed E-state index contributed by atoms with van der Waals surface area (Å²) in [5.74, 6) is -0.0231. The lowest BCUT2D eigenvalue weighted by molar-refractivity contribution is -0.146. The molecule has 0 spiro atoms. The first kappa shape index (κ1) is 14.5. The zero-order valence-electron chi connectivity index (χ0n) is 11.3. The highest BCUT2D eigenvalue weighted by molar-refractivity contribution is 5.78. The fourth-order valence-corrected chi connectivity index (χ4v) is 2.58. The Hall–Kier alpha value is -0.570. The second-order valence-corrected chi connectivity index (χ2v) is 5.76. The Morgan fingerprint density at radius 2 is 1.71 bits per heavy atom. The van der Waals surface area contributed by atoms with Crippen LogP contribution in [0.2, 0.25) is 0 Å². The number of hydrogen-bond donors (Lipinski definition) is 2. The van der Waals surface area contributed by atoms with Crippen LogP contribution in [-0.2, 0) is 4.79 Å². The maximum absolute atomic E-state index is 11.6.